The maximum Gasteiger partial charge on any atom is 0.229 e. The number of rotatable bonds is 3. The van der Waals surface area contributed by atoms with Crippen LogP contribution in [0.5, 0.6) is 0 Å². The van der Waals surface area contributed by atoms with Crippen molar-refractivity contribution < 1.29 is 18.4 Å². The average Bonchev–Trinajstić information content (AvgIpc) is 2.92. The van der Waals surface area contributed by atoms with Crippen molar-refractivity contribution in [2.24, 2.45) is 5.92 Å². The van der Waals surface area contributed by atoms with Crippen molar-refractivity contribution in [1.29, 1.82) is 0 Å². The third-order valence-electron chi connectivity index (χ3n) is 3.89. The number of hydrogen-bond acceptors (Lipinski definition) is 2. The highest BCUT2D eigenvalue weighted by molar-refractivity contribution is 6.40. The first-order valence-corrected chi connectivity index (χ1v) is 8.12. The molecule has 130 valence electrons. The van der Waals surface area contributed by atoms with Crippen LogP contribution in [0, 0.1) is 17.6 Å². The number of carbonyl (C=O) groups is 2. The highest BCUT2D eigenvalue weighted by Gasteiger charge is 2.37. The van der Waals surface area contributed by atoms with Gasteiger partial charge in [-0.3, -0.25) is 9.59 Å². The van der Waals surface area contributed by atoms with Crippen LogP contribution in [0.4, 0.5) is 20.2 Å². The van der Waals surface area contributed by atoms with Crippen LogP contribution in [-0.4, -0.2) is 18.4 Å². The number of benzene rings is 2. The molecule has 1 saturated heterocycles. The summed E-state index contributed by atoms with van der Waals surface area (Å²) in [5.41, 5.74) is 0.201. The molecule has 0 saturated carbocycles. The molecule has 1 unspecified atom stereocenters. The van der Waals surface area contributed by atoms with Gasteiger partial charge in [0.15, 0.2) is 0 Å². The molecular formula is C17H12Cl2F2N2O2. The van der Waals surface area contributed by atoms with Crippen LogP contribution >= 0.6 is 23.2 Å². The molecule has 1 atom stereocenters. The Morgan fingerprint density at radius 3 is 2.48 bits per heavy atom. The second kappa shape index (κ2) is 6.98. The van der Waals surface area contributed by atoms with Crippen LogP contribution in [0.3, 0.4) is 0 Å². The lowest BCUT2D eigenvalue weighted by Crippen LogP contribution is -2.28. The van der Waals surface area contributed by atoms with Crippen molar-refractivity contribution in [3.8, 4) is 0 Å². The lowest BCUT2D eigenvalue weighted by Gasteiger charge is -2.19. The minimum Gasteiger partial charge on any atom is -0.323 e. The van der Waals surface area contributed by atoms with Crippen molar-refractivity contribution in [2.75, 3.05) is 16.8 Å². The lowest BCUT2D eigenvalue weighted by molar-refractivity contribution is -0.122. The first-order valence-electron chi connectivity index (χ1n) is 7.37. The van der Waals surface area contributed by atoms with Gasteiger partial charge in [0.25, 0.3) is 0 Å². The van der Waals surface area contributed by atoms with Gasteiger partial charge >= 0.3 is 0 Å². The number of amides is 2. The van der Waals surface area contributed by atoms with Crippen LogP contribution in [-0.2, 0) is 9.59 Å². The van der Waals surface area contributed by atoms with E-state index in [1.807, 2.05) is 0 Å². The number of para-hydroxylation sites is 1. The molecule has 2 aromatic carbocycles. The van der Waals surface area contributed by atoms with Crippen LogP contribution in [0.2, 0.25) is 10.0 Å². The van der Waals surface area contributed by atoms with Gasteiger partial charge in [-0.05, 0) is 24.3 Å². The summed E-state index contributed by atoms with van der Waals surface area (Å²) in [6.07, 6.45) is -0.0593. The van der Waals surface area contributed by atoms with E-state index in [1.54, 1.807) is 18.2 Å². The minimum atomic E-state index is -0.885. The quantitative estimate of drug-likeness (QED) is 0.858. The fourth-order valence-electron chi connectivity index (χ4n) is 2.67. The summed E-state index contributed by atoms with van der Waals surface area (Å²) in [6, 6.07) is 7.67. The van der Waals surface area contributed by atoms with Crippen LogP contribution in [0.1, 0.15) is 6.42 Å². The Hall–Kier alpha value is -2.18. The van der Waals surface area contributed by atoms with E-state index >= 15 is 0 Å². The SMILES string of the molecule is O=C(Nc1ccc(F)cc1F)C1CC(=O)N(c2c(Cl)cccc2Cl)C1. The Morgan fingerprint density at radius 2 is 1.84 bits per heavy atom. The van der Waals surface area contributed by atoms with E-state index in [9.17, 15) is 18.4 Å². The predicted octanol–water partition coefficient (Wildman–Crippen LogP) is 4.26. The Kier molecular flexibility index (Phi) is 4.92. The summed E-state index contributed by atoms with van der Waals surface area (Å²) < 4.78 is 26.6. The zero-order chi connectivity index (χ0) is 18.1. The summed E-state index contributed by atoms with van der Waals surface area (Å²) in [4.78, 5) is 25.9. The Morgan fingerprint density at radius 1 is 1.16 bits per heavy atom. The predicted molar refractivity (Wildman–Crippen MR) is 91.9 cm³/mol. The Balaban J connectivity index is 1.77. The molecule has 1 N–H and O–H groups in total. The molecule has 0 aliphatic carbocycles. The highest BCUT2D eigenvalue weighted by atomic mass is 35.5. The third-order valence-corrected chi connectivity index (χ3v) is 4.50. The first-order chi connectivity index (χ1) is 11.9. The van der Waals surface area contributed by atoms with E-state index in [0.29, 0.717) is 21.8 Å². The summed E-state index contributed by atoms with van der Waals surface area (Å²) in [5.74, 6) is -3.18. The van der Waals surface area contributed by atoms with Gasteiger partial charge < -0.3 is 10.2 Å². The van der Waals surface area contributed by atoms with Crippen molar-refractivity contribution >= 4 is 46.4 Å². The maximum atomic E-state index is 13.7. The number of halogens is 4. The second-order valence-electron chi connectivity index (χ2n) is 5.59. The van der Waals surface area contributed by atoms with Gasteiger partial charge in [-0.2, -0.15) is 0 Å². The van der Waals surface area contributed by atoms with E-state index in [1.165, 1.54) is 4.90 Å². The van der Waals surface area contributed by atoms with E-state index in [-0.39, 0.29) is 24.6 Å². The number of nitrogens with one attached hydrogen (secondary N) is 1. The molecule has 0 spiro atoms. The summed E-state index contributed by atoms with van der Waals surface area (Å²) in [7, 11) is 0. The first kappa shape index (κ1) is 17.6. The molecule has 1 heterocycles. The molecule has 0 bridgehead atoms. The van der Waals surface area contributed by atoms with Gasteiger partial charge in [-0.15, -0.1) is 0 Å². The zero-order valence-electron chi connectivity index (χ0n) is 12.7. The van der Waals surface area contributed by atoms with Gasteiger partial charge in [0.1, 0.15) is 11.6 Å². The molecule has 4 nitrogen and oxygen atoms in total. The van der Waals surface area contributed by atoms with E-state index < -0.39 is 23.5 Å². The molecule has 0 aromatic heterocycles. The number of carbonyl (C=O) groups excluding carboxylic acids is 2. The molecule has 2 amide bonds. The fourth-order valence-corrected chi connectivity index (χ4v) is 3.27. The van der Waals surface area contributed by atoms with E-state index in [2.05, 4.69) is 5.32 Å². The van der Waals surface area contributed by atoms with Crippen molar-refractivity contribution in [3.63, 3.8) is 0 Å². The monoisotopic (exact) mass is 384 g/mol. The summed E-state index contributed by atoms with van der Waals surface area (Å²) >= 11 is 12.2. The normalized spacial score (nSPS) is 17.0. The van der Waals surface area contributed by atoms with Crippen LogP contribution in [0.15, 0.2) is 36.4 Å². The lowest BCUT2D eigenvalue weighted by atomic mass is 10.1. The highest BCUT2D eigenvalue weighted by Crippen LogP contribution is 2.37. The number of nitrogens with zero attached hydrogens (tertiary/aromatic N) is 1. The van der Waals surface area contributed by atoms with Gasteiger partial charge in [0.2, 0.25) is 11.8 Å². The Bertz CT molecular complexity index is 840. The molecule has 1 aliphatic rings. The van der Waals surface area contributed by atoms with Gasteiger partial charge in [0, 0.05) is 19.0 Å². The number of hydrogen-bond donors (Lipinski definition) is 1. The van der Waals surface area contributed by atoms with Crippen LogP contribution in [0.25, 0.3) is 0 Å². The molecule has 1 aliphatic heterocycles. The molecule has 0 radical (unpaired) electrons. The number of anilines is 2. The van der Waals surface area contributed by atoms with E-state index in [4.69, 9.17) is 23.2 Å². The van der Waals surface area contributed by atoms with Crippen molar-refractivity contribution in [1.82, 2.24) is 0 Å². The van der Waals surface area contributed by atoms with Crippen molar-refractivity contribution in [3.05, 3.63) is 58.1 Å². The maximum absolute atomic E-state index is 13.7. The minimum absolute atomic E-state index is 0.0593. The molecule has 25 heavy (non-hydrogen) atoms. The zero-order valence-corrected chi connectivity index (χ0v) is 14.2. The summed E-state index contributed by atoms with van der Waals surface area (Å²) in [6.45, 7) is 0.0664. The molecule has 1 fully saturated rings. The smallest absolute Gasteiger partial charge is 0.229 e. The molecular weight excluding hydrogens is 373 g/mol. The Labute approximate surface area is 152 Å². The molecule has 2 aromatic rings. The molecule has 8 heteroatoms. The largest absolute Gasteiger partial charge is 0.323 e. The second-order valence-corrected chi connectivity index (χ2v) is 6.40. The van der Waals surface area contributed by atoms with Gasteiger partial charge in [0.05, 0.1) is 27.3 Å². The topological polar surface area (TPSA) is 49.4 Å². The van der Waals surface area contributed by atoms with Crippen LogP contribution < -0.4 is 10.2 Å². The molecule has 3 rings (SSSR count). The third kappa shape index (κ3) is 3.60. The van der Waals surface area contributed by atoms with Gasteiger partial charge in [-0.1, -0.05) is 29.3 Å². The van der Waals surface area contributed by atoms with Crippen molar-refractivity contribution in [2.45, 2.75) is 6.42 Å². The fraction of sp³-hybridized carbons (Fsp3) is 0.176. The van der Waals surface area contributed by atoms with Gasteiger partial charge in [-0.25, -0.2) is 8.78 Å². The standard InChI is InChI=1S/C17H12Cl2F2N2O2/c18-11-2-1-3-12(19)16(11)23-8-9(6-15(23)24)17(25)22-14-5-4-10(20)7-13(14)21/h1-5,7,9H,6,8H2,(H,22,25). The average molecular weight is 385 g/mol. The van der Waals surface area contributed by atoms with E-state index in [0.717, 1.165) is 12.1 Å². The summed E-state index contributed by atoms with van der Waals surface area (Å²) in [5, 5.41) is 2.97.